The second-order valence-electron chi connectivity index (χ2n) is 20.4. The van der Waals surface area contributed by atoms with Gasteiger partial charge in [-0.05, 0) is 135 Å². The molecule has 29 nitrogen and oxygen atoms in total. The molecule has 2 aliphatic rings. The van der Waals surface area contributed by atoms with Crippen LogP contribution in [0.5, 0.6) is 0 Å². The molecule has 0 aromatic rings. The van der Waals surface area contributed by atoms with Gasteiger partial charge in [-0.3, -0.25) is 58.3 Å². The molecular weight excluding hydrogens is 1060 g/mol. The maximum atomic E-state index is 14.4. The number of likely N-dealkylation sites (tertiary alicyclic amines) is 2. The van der Waals surface area contributed by atoms with Crippen LogP contribution in [0, 0.1) is 11.3 Å². The molecular formula is C50H91N17O12S. The van der Waals surface area contributed by atoms with Crippen molar-refractivity contribution in [3.8, 4) is 0 Å². The van der Waals surface area contributed by atoms with E-state index in [0.717, 1.165) is 16.7 Å². The second-order valence-corrected chi connectivity index (χ2v) is 21.6. The van der Waals surface area contributed by atoms with Crippen LogP contribution < -0.4 is 76.9 Å². The molecule has 1 unspecified atom stereocenters. The van der Waals surface area contributed by atoms with Gasteiger partial charge in [0, 0.05) is 32.3 Å². The third kappa shape index (κ3) is 24.7. The van der Waals surface area contributed by atoms with Gasteiger partial charge in [-0.2, -0.15) is 0 Å². The Balaban J connectivity index is 2.34. The number of thioether (sulfide) groups is 1. The van der Waals surface area contributed by atoms with Crippen LogP contribution in [0.15, 0.2) is 0 Å². The number of guanidine groups is 1. The van der Waals surface area contributed by atoms with E-state index in [9.17, 15) is 57.8 Å². The van der Waals surface area contributed by atoms with E-state index in [4.69, 9.17) is 39.8 Å². The number of hydrogen-bond donors (Lipinski definition) is 16. The third-order valence-corrected chi connectivity index (χ3v) is 14.9. The summed E-state index contributed by atoms with van der Waals surface area (Å²) in [5.41, 5.74) is 34.6. The van der Waals surface area contributed by atoms with Gasteiger partial charge in [0.25, 0.3) is 0 Å². The van der Waals surface area contributed by atoms with Gasteiger partial charge in [0.2, 0.25) is 59.1 Å². The standard InChI is InChI=1S/C50H91N17O12S/c1-29(2)40(49(78)79)65-46(75)34(17-7-11-23-54)62-45(74)35(18-12-24-58-50(56)57)63-43(72)32(15-5-9-21-52)60-42(71)31(14-4-8-20-51)61-44(73)33(16-6-10-22-53)64-47(76)36-19-13-25-67(36)39(69)27-59-41(70)30(55)28-80-37-26-38(68)66(3)48(37)77/h29-37,40H,4-28,51-55H2,1-3H3,(H,59,70)(H,60,71)(H,61,73)(H,62,74)(H,63,72)(H,64,76)(H,65,75)(H,78,79)(H4,56,57,58)/t30-,31-,32-,33-,34-,35-,36-,37?,40-/m0/s1. The normalized spacial score (nSPS) is 17.8. The number of carboxylic acid groups (broad SMARTS) is 1. The summed E-state index contributed by atoms with van der Waals surface area (Å²) < 4.78 is 0. The summed E-state index contributed by atoms with van der Waals surface area (Å²) in [5.74, 6) is -8.56. The van der Waals surface area contributed by atoms with Crippen LogP contribution in [-0.2, 0) is 52.7 Å². The molecule has 0 aromatic heterocycles. The summed E-state index contributed by atoms with van der Waals surface area (Å²) in [4.78, 5) is 149. The molecule has 2 rings (SSSR count). The maximum absolute atomic E-state index is 14.4. The van der Waals surface area contributed by atoms with Crippen LogP contribution in [0.2, 0.25) is 0 Å². The van der Waals surface area contributed by atoms with Crippen molar-refractivity contribution in [3.05, 3.63) is 0 Å². The number of rotatable bonds is 40. The number of carbonyl (C=O) groups is 11. The predicted molar refractivity (Wildman–Crippen MR) is 299 cm³/mol. The number of nitrogens with two attached hydrogens (primary N) is 6. The predicted octanol–water partition coefficient (Wildman–Crippen LogP) is -4.66. The lowest BCUT2D eigenvalue weighted by Gasteiger charge is -2.29. The zero-order chi connectivity index (χ0) is 59.9. The summed E-state index contributed by atoms with van der Waals surface area (Å²) in [7, 11) is 1.38. The average Bonchev–Trinajstić information content (AvgIpc) is 4.01. The minimum atomic E-state index is -1.32. The Bertz CT molecular complexity index is 2090. The van der Waals surface area contributed by atoms with E-state index in [-0.39, 0.29) is 108 Å². The lowest BCUT2D eigenvalue weighted by Crippen LogP contribution is -2.60. The van der Waals surface area contributed by atoms with Crippen molar-refractivity contribution in [2.75, 3.05) is 58.6 Å². The van der Waals surface area contributed by atoms with Crippen LogP contribution in [0.1, 0.15) is 123 Å². The van der Waals surface area contributed by atoms with E-state index in [0.29, 0.717) is 64.3 Å². The monoisotopic (exact) mass is 1150 g/mol. The molecule has 30 heteroatoms. The Morgan fingerprint density at radius 1 is 0.637 bits per heavy atom. The number of carbonyl (C=O) groups excluding carboxylic acids is 10. The first kappa shape index (κ1) is 69.9. The van der Waals surface area contributed by atoms with Crippen LogP contribution in [0.4, 0.5) is 0 Å². The minimum absolute atomic E-state index is 0.00408. The summed E-state index contributed by atoms with van der Waals surface area (Å²) in [6.45, 7) is 4.13. The van der Waals surface area contributed by atoms with Crippen molar-refractivity contribution < 1.29 is 57.8 Å². The zero-order valence-corrected chi connectivity index (χ0v) is 47.5. The molecule has 22 N–H and O–H groups in total. The Labute approximate surface area is 472 Å². The number of imide groups is 1. The van der Waals surface area contributed by atoms with Gasteiger partial charge in [0.05, 0.1) is 17.8 Å². The summed E-state index contributed by atoms with van der Waals surface area (Å²) in [6.07, 6.45) is 4.50. The van der Waals surface area contributed by atoms with Crippen molar-refractivity contribution in [2.24, 2.45) is 40.3 Å². The number of amides is 10. The number of hydrogen-bond acceptors (Lipinski definition) is 18. The highest BCUT2D eigenvalue weighted by Gasteiger charge is 2.39. The van der Waals surface area contributed by atoms with Crippen LogP contribution in [-0.4, -0.2) is 198 Å². The van der Waals surface area contributed by atoms with E-state index in [1.54, 1.807) is 13.8 Å². The number of unbranched alkanes of at least 4 members (excludes halogenated alkanes) is 4. The van der Waals surface area contributed by atoms with Gasteiger partial charge in [0.15, 0.2) is 5.96 Å². The van der Waals surface area contributed by atoms with Gasteiger partial charge in [0.1, 0.15) is 42.3 Å². The average molecular weight is 1150 g/mol. The molecule has 9 atom stereocenters. The molecule has 454 valence electrons. The van der Waals surface area contributed by atoms with Crippen molar-refractivity contribution in [1.29, 1.82) is 5.41 Å². The first-order chi connectivity index (χ1) is 38.0. The fraction of sp³-hybridized carbons (Fsp3) is 0.760. The van der Waals surface area contributed by atoms with Gasteiger partial charge in [-0.25, -0.2) is 4.79 Å². The van der Waals surface area contributed by atoms with Crippen molar-refractivity contribution in [3.63, 3.8) is 0 Å². The summed E-state index contributed by atoms with van der Waals surface area (Å²) >= 11 is 1.07. The first-order valence-corrected chi connectivity index (χ1v) is 28.7. The topological polar surface area (TPSA) is 491 Å². The van der Waals surface area contributed by atoms with Gasteiger partial charge in [-0.1, -0.05) is 13.8 Å². The SMILES string of the molecule is CC(C)[C@H](NC(=O)[C@H](CCCCN)NC(=O)[C@H](CCCNC(=N)N)NC(=O)[C@H](CCCCN)NC(=O)[C@H](CCCCN)NC(=O)[C@H](CCCCN)NC(=O)[C@@H]1CCCN1C(=O)CNC(=O)[C@@H](N)CSC1CC(=O)N(C)C1=O)C(=O)O. The molecule has 0 spiro atoms. The van der Waals surface area contributed by atoms with Crippen molar-refractivity contribution in [1.82, 2.24) is 52.3 Å². The van der Waals surface area contributed by atoms with Crippen LogP contribution in [0.25, 0.3) is 0 Å². The highest BCUT2D eigenvalue weighted by Crippen LogP contribution is 2.24. The maximum Gasteiger partial charge on any atom is 0.326 e. The van der Waals surface area contributed by atoms with Crippen molar-refractivity contribution in [2.45, 2.75) is 177 Å². The molecule has 0 aliphatic carbocycles. The highest BCUT2D eigenvalue weighted by atomic mass is 32.2. The summed E-state index contributed by atoms with van der Waals surface area (Å²) in [5, 5.41) is 37.9. The Kier molecular flexibility index (Phi) is 32.9. The van der Waals surface area contributed by atoms with E-state index >= 15 is 0 Å². The molecule has 80 heavy (non-hydrogen) atoms. The minimum Gasteiger partial charge on any atom is -0.480 e. The number of aliphatic carboxylic acids is 1. The molecule has 10 amide bonds. The molecule has 0 radical (unpaired) electrons. The largest absolute Gasteiger partial charge is 0.480 e. The number of nitrogens with one attached hydrogen (secondary N) is 9. The number of nitrogens with zero attached hydrogens (tertiary/aromatic N) is 2. The lowest BCUT2D eigenvalue weighted by molar-refractivity contribution is -0.143. The van der Waals surface area contributed by atoms with Gasteiger partial charge >= 0.3 is 5.97 Å². The quantitative estimate of drug-likeness (QED) is 0.0119. The number of carboxylic acids is 1. The Hall–Kier alpha value is -6.21. The molecule has 2 aliphatic heterocycles. The Morgan fingerprint density at radius 2 is 1.06 bits per heavy atom. The van der Waals surface area contributed by atoms with Crippen LogP contribution in [0.3, 0.4) is 0 Å². The molecule has 0 saturated carbocycles. The molecule has 0 bridgehead atoms. The molecule has 0 aromatic carbocycles. The van der Waals surface area contributed by atoms with Crippen LogP contribution >= 0.6 is 11.8 Å². The van der Waals surface area contributed by atoms with Gasteiger partial charge in [-0.15, -0.1) is 11.8 Å². The van der Waals surface area contributed by atoms with E-state index < -0.39 is 119 Å². The summed E-state index contributed by atoms with van der Waals surface area (Å²) in [6, 6.07) is -9.70. The van der Waals surface area contributed by atoms with E-state index in [1.165, 1.54) is 11.9 Å². The third-order valence-electron chi connectivity index (χ3n) is 13.6. The second kappa shape index (κ2) is 37.7. The first-order valence-electron chi connectivity index (χ1n) is 27.7. The van der Waals surface area contributed by atoms with E-state index in [2.05, 4.69) is 42.5 Å². The molecule has 2 heterocycles. The molecule has 2 saturated heterocycles. The highest BCUT2D eigenvalue weighted by molar-refractivity contribution is 8.00. The van der Waals surface area contributed by atoms with E-state index in [1.807, 2.05) is 0 Å². The Morgan fingerprint density at radius 3 is 1.45 bits per heavy atom. The van der Waals surface area contributed by atoms with Crippen molar-refractivity contribution >= 4 is 82.8 Å². The fourth-order valence-electron chi connectivity index (χ4n) is 8.85. The zero-order valence-electron chi connectivity index (χ0n) is 46.7. The lowest BCUT2D eigenvalue weighted by atomic mass is 10.0. The fourth-order valence-corrected chi connectivity index (χ4v) is 10.0. The molecule has 2 fully saturated rings. The van der Waals surface area contributed by atoms with Gasteiger partial charge < -0.3 is 86.9 Å². The smallest absolute Gasteiger partial charge is 0.326 e.